The number of aryl methyl sites for hydroxylation is 1. The number of amides is 1. The summed E-state index contributed by atoms with van der Waals surface area (Å²) in [5.41, 5.74) is 1.83. The van der Waals surface area contributed by atoms with Crippen LogP contribution in [-0.4, -0.2) is 20.9 Å². The zero-order valence-electron chi connectivity index (χ0n) is 15.0. The van der Waals surface area contributed by atoms with Crippen LogP contribution in [0.2, 0.25) is 5.02 Å². The van der Waals surface area contributed by atoms with Gasteiger partial charge < -0.3 is 9.88 Å². The van der Waals surface area contributed by atoms with Crippen molar-refractivity contribution in [2.75, 3.05) is 11.6 Å². The van der Waals surface area contributed by atoms with Crippen LogP contribution in [0.1, 0.15) is 22.8 Å². The van der Waals surface area contributed by atoms with Crippen LogP contribution in [0.4, 0.5) is 5.69 Å². The summed E-state index contributed by atoms with van der Waals surface area (Å²) in [7, 11) is -0.978. The summed E-state index contributed by atoms with van der Waals surface area (Å²) < 4.78 is 13.3. The third kappa shape index (κ3) is 4.28. The number of hydrogen-bond acceptors (Lipinski definition) is 3. The first-order valence-corrected chi connectivity index (χ1v) is 10.5. The highest BCUT2D eigenvalue weighted by Crippen LogP contribution is 2.19. The van der Waals surface area contributed by atoms with Gasteiger partial charge in [-0.1, -0.05) is 23.7 Å². The standard InChI is InChI=1S/C20H19ClN2O3S/c1-3-23-11-17(19(24)16-10-14(21)7-8-18(16)23)20(25)22-15-6-4-5-13(9-15)12-27(2)26/h4-11H,3,12H2,1-2H3,(H,22,25). The van der Waals surface area contributed by atoms with Gasteiger partial charge in [-0.05, 0) is 42.8 Å². The van der Waals surface area contributed by atoms with Gasteiger partial charge >= 0.3 is 0 Å². The third-order valence-corrected chi connectivity index (χ3v) is 5.16. The summed E-state index contributed by atoms with van der Waals surface area (Å²) in [6.45, 7) is 2.55. The predicted octanol–water partition coefficient (Wildman–Crippen LogP) is 3.81. The van der Waals surface area contributed by atoms with Gasteiger partial charge in [-0.3, -0.25) is 13.8 Å². The number of nitrogens with zero attached hydrogens (tertiary/aromatic N) is 1. The molecule has 0 bridgehead atoms. The summed E-state index contributed by atoms with van der Waals surface area (Å²) in [6.07, 6.45) is 3.19. The fourth-order valence-electron chi connectivity index (χ4n) is 2.97. The zero-order chi connectivity index (χ0) is 19.6. The molecule has 3 aromatic rings. The molecule has 0 saturated carbocycles. The quantitative estimate of drug-likeness (QED) is 0.705. The second-order valence-corrected chi connectivity index (χ2v) is 8.06. The molecule has 1 heterocycles. The normalized spacial score (nSPS) is 12.1. The van der Waals surface area contributed by atoms with Crippen molar-refractivity contribution < 1.29 is 9.00 Å². The number of fused-ring (bicyclic) bond motifs is 1. The largest absolute Gasteiger partial charge is 0.347 e. The Hall–Kier alpha value is -2.44. The summed E-state index contributed by atoms with van der Waals surface area (Å²) in [6, 6.07) is 12.2. The maximum Gasteiger partial charge on any atom is 0.261 e. The lowest BCUT2D eigenvalue weighted by atomic mass is 10.1. The lowest BCUT2D eigenvalue weighted by Gasteiger charge is -2.12. The van der Waals surface area contributed by atoms with Crippen molar-refractivity contribution >= 4 is 44.9 Å². The number of hydrogen-bond donors (Lipinski definition) is 1. The Kier molecular flexibility index (Phi) is 5.77. The highest BCUT2D eigenvalue weighted by atomic mass is 35.5. The van der Waals surface area contributed by atoms with Crippen molar-refractivity contribution in [3.63, 3.8) is 0 Å². The van der Waals surface area contributed by atoms with Gasteiger partial charge in [0.15, 0.2) is 0 Å². The van der Waals surface area contributed by atoms with Gasteiger partial charge in [0.2, 0.25) is 5.43 Å². The number of carbonyl (C=O) groups is 1. The molecule has 1 unspecified atom stereocenters. The van der Waals surface area contributed by atoms with Crippen molar-refractivity contribution in [1.29, 1.82) is 0 Å². The Labute approximate surface area is 164 Å². The van der Waals surface area contributed by atoms with Gasteiger partial charge in [-0.15, -0.1) is 0 Å². The van der Waals surface area contributed by atoms with E-state index in [4.69, 9.17) is 11.6 Å². The van der Waals surface area contributed by atoms with E-state index in [-0.39, 0.29) is 11.0 Å². The SMILES string of the molecule is CCn1cc(C(=O)Nc2cccc(CS(C)=O)c2)c(=O)c2cc(Cl)ccc21. The minimum absolute atomic E-state index is 0.0519. The fourth-order valence-corrected chi connectivity index (χ4v) is 3.79. The van der Waals surface area contributed by atoms with Crippen LogP contribution in [0, 0.1) is 0 Å². The molecule has 2 aromatic carbocycles. The number of carbonyl (C=O) groups excluding carboxylic acids is 1. The predicted molar refractivity (Wildman–Crippen MR) is 111 cm³/mol. The number of anilines is 1. The van der Waals surface area contributed by atoms with E-state index in [0.29, 0.717) is 28.4 Å². The molecule has 0 aliphatic heterocycles. The molecule has 1 aromatic heterocycles. The number of rotatable bonds is 5. The molecule has 0 fully saturated rings. The Balaban J connectivity index is 2.00. The van der Waals surface area contributed by atoms with E-state index in [0.717, 1.165) is 11.1 Å². The van der Waals surface area contributed by atoms with Crippen molar-refractivity contribution in [2.24, 2.45) is 0 Å². The van der Waals surface area contributed by atoms with Crippen LogP contribution in [0.15, 0.2) is 53.5 Å². The van der Waals surface area contributed by atoms with Crippen LogP contribution >= 0.6 is 11.6 Å². The van der Waals surface area contributed by atoms with E-state index in [1.165, 1.54) is 0 Å². The molecule has 0 aliphatic carbocycles. The van der Waals surface area contributed by atoms with Crippen molar-refractivity contribution in [2.45, 2.75) is 19.2 Å². The van der Waals surface area contributed by atoms with Crippen LogP contribution in [0.5, 0.6) is 0 Å². The molecule has 1 N–H and O–H groups in total. The molecular weight excluding hydrogens is 384 g/mol. The number of benzene rings is 2. The average Bonchev–Trinajstić information content (AvgIpc) is 2.62. The molecule has 27 heavy (non-hydrogen) atoms. The van der Waals surface area contributed by atoms with E-state index < -0.39 is 16.7 Å². The average molecular weight is 403 g/mol. The lowest BCUT2D eigenvalue weighted by Crippen LogP contribution is -2.24. The molecule has 140 valence electrons. The third-order valence-electron chi connectivity index (χ3n) is 4.18. The smallest absolute Gasteiger partial charge is 0.261 e. The molecule has 1 atom stereocenters. The van der Waals surface area contributed by atoms with E-state index in [1.54, 1.807) is 48.9 Å². The first-order valence-electron chi connectivity index (χ1n) is 8.42. The Morgan fingerprint density at radius 1 is 1.22 bits per heavy atom. The lowest BCUT2D eigenvalue weighted by molar-refractivity contribution is 0.102. The van der Waals surface area contributed by atoms with Crippen molar-refractivity contribution in [3.8, 4) is 0 Å². The first-order chi connectivity index (χ1) is 12.9. The van der Waals surface area contributed by atoms with Gasteiger partial charge in [0.1, 0.15) is 5.56 Å². The topological polar surface area (TPSA) is 68.2 Å². The number of halogens is 1. The molecule has 0 radical (unpaired) electrons. The molecule has 0 saturated heterocycles. The molecule has 0 aliphatic rings. The Bertz CT molecular complexity index is 1110. The van der Waals surface area contributed by atoms with Crippen LogP contribution in [-0.2, 0) is 23.1 Å². The number of pyridine rings is 1. The Morgan fingerprint density at radius 3 is 2.70 bits per heavy atom. The second kappa shape index (κ2) is 8.06. The monoisotopic (exact) mass is 402 g/mol. The van der Waals surface area contributed by atoms with Gasteiger partial charge in [0, 0.05) is 51.6 Å². The molecule has 1 amide bonds. The highest BCUT2D eigenvalue weighted by Gasteiger charge is 2.16. The molecular formula is C20H19ClN2O3S. The zero-order valence-corrected chi connectivity index (χ0v) is 16.6. The van der Waals surface area contributed by atoms with E-state index in [2.05, 4.69) is 5.32 Å². The number of aromatic nitrogens is 1. The minimum Gasteiger partial charge on any atom is -0.347 e. The van der Waals surface area contributed by atoms with Crippen molar-refractivity contribution in [1.82, 2.24) is 4.57 Å². The van der Waals surface area contributed by atoms with Crippen LogP contribution in [0.25, 0.3) is 10.9 Å². The molecule has 3 rings (SSSR count). The maximum atomic E-state index is 12.8. The van der Waals surface area contributed by atoms with Gasteiger partial charge in [0.25, 0.3) is 5.91 Å². The summed E-state index contributed by atoms with van der Waals surface area (Å²) in [5, 5.41) is 3.61. The summed E-state index contributed by atoms with van der Waals surface area (Å²) in [4.78, 5) is 25.6. The first kappa shape index (κ1) is 19.3. The van der Waals surface area contributed by atoms with Gasteiger partial charge in [0.05, 0.1) is 5.52 Å². The molecule has 7 heteroatoms. The van der Waals surface area contributed by atoms with Crippen LogP contribution < -0.4 is 10.7 Å². The molecule has 5 nitrogen and oxygen atoms in total. The second-order valence-electron chi connectivity index (χ2n) is 6.19. The van der Waals surface area contributed by atoms with Crippen LogP contribution in [0.3, 0.4) is 0 Å². The van der Waals surface area contributed by atoms with E-state index in [9.17, 15) is 13.8 Å². The summed E-state index contributed by atoms with van der Waals surface area (Å²) in [5.74, 6) is -0.0836. The summed E-state index contributed by atoms with van der Waals surface area (Å²) >= 11 is 6.03. The van der Waals surface area contributed by atoms with Gasteiger partial charge in [-0.25, -0.2) is 0 Å². The number of nitrogens with one attached hydrogen (secondary N) is 1. The van der Waals surface area contributed by atoms with Gasteiger partial charge in [-0.2, -0.15) is 0 Å². The van der Waals surface area contributed by atoms with E-state index >= 15 is 0 Å². The molecule has 0 spiro atoms. The highest BCUT2D eigenvalue weighted by molar-refractivity contribution is 7.83. The Morgan fingerprint density at radius 2 is 2.00 bits per heavy atom. The minimum atomic E-state index is -0.978. The fraction of sp³-hybridized carbons (Fsp3) is 0.200. The maximum absolute atomic E-state index is 12.8. The van der Waals surface area contributed by atoms with E-state index in [1.807, 2.05) is 17.6 Å². The van der Waals surface area contributed by atoms with Crippen molar-refractivity contribution in [3.05, 3.63) is 75.0 Å².